The Hall–Kier alpha value is -3.09. The highest BCUT2D eigenvalue weighted by molar-refractivity contribution is 5.94. The van der Waals surface area contributed by atoms with E-state index in [0.717, 1.165) is 29.4 Å². The molecule has 1 aromatic heterocycles. The van der Waals surface area contributed by atoms with Crippen LogP contribution in [0.1, 0.15) is 28.9 Å². The van der Waals surface area contributed by atoms with Crippen LogP contribution in [0.15, 0.2) is 55.1 Å². The van der Waals surface area contributed by atoms with Crippen LogP contribution < -0.4 is 5.32 Å². The summed E-state index contributed by atoms with van der Waals surface area (Å²) in [5.74, 6) is -2.09. The van der Waals surface area contributed by atoms with Crippen molar-refractivity contribution in [1.29, 1.82) is 0 Å². The van der Waals surface area contributed by atoms with Crippen LogP contribution in [0.4, 0.5) is 8.78 Å². The van der Waals surface area contributed by atoms with Crippen molar-refractivity contribution in [3.8, 4) is 5.69 Å². The molecule has 0 saturated heterocycles. The molecule has 0 radical (unpaired) electrons. The van der Waals surface area contributed by atoms with Crippen LogP contribution in [0, 0.1) is 11.6 Å². The molecule has 7 heteroatoms. The molecule has 122 valence electrons. The Labute approximate surface area is 137 Å². The number of aromatic nitrogens is 3. The lowest BCUT2D eigenvalue weighted by Gasteiger charge is -2.15. The topological polar surface area (TPSA) is 59.8 Å². The molecule has 2 aromatic carbocycles. The van der Waals surface area contributed by atoms with E-state index in [1.165, 1.54) is 6.33 Å². The Bertz CT molecular complexity index is 848. The molecule has 1 N–H and O–H groups in total. The van der Waals surface area contributed by atoms with Gasteiger partial charge in [-0.3, -0.25) is 4.79 Å². The molecule has 3 rings (SSSR count). The van der Waals surface area contributed by atoms with Crippen LogP contribution in [-0.2, 0) is 0 Å². The summed E-state index contributed by atoms with van der Waals surface area (Å²) in [5, 5.41) is 6.68. The summed E-state index contributed by atoms with van der Waals surface area (Å²) in [4.78, 5) is 16.0. The van der Waals surface area contributed by atoms with Gasteiger partial charge in [0.05, 0.1) is 17.3 Å². The molecule has 0 aliphatic rings. The van der Waals surface area contributed by atoms with Crippen LogP contribution >= 0.6 is 0 Å². The Morgan fingerprint density at radius 2 is 1.92 bits per heavy atom. The summed E-state index contributed by atoms with van der Waals surface area (Å²) in [7, 11) is 0. The van der Waals surface area contributed by atoms with Crippen LogP contribution in [0.2, 0.25) is 0 Å². The van der Waals surface area contributed by atoms with Crippen molar-refractivity contribution in [2.75, 3.05) is 0 Å². The van der Waals surface area contributed by atoms with E-state index in [-0.39, 0.29) is 11.6 Å². The predicted octanol–water partition coefficient (Wildman–Crippen LogP) is 3.04. The minimum absolute atomic E-state index is 0.318. The van der Waals surface area contributed by atoms with Crippen molar-refractivity contribution in [1.82, 2.24) is 20.1 Å². The third kappa shape index (κ3) is 3.29. The van der Waals surface area contributed by atoms with Gasteiger partial charge < -0.3 is 5.32 Å². The zero-order chi connectivity index (χ0) is 17.1. The summed E-state index contributed by atoms with van der Waals surface area (Å²) >= 11 is 0. The van der Waals surface area contributed by atoms with E-state index in [0.29, 0.717) is 0 Å². The second kappa shape index (κ2) is 6.57. The lowest BCUT2D eigenvalue weighted by molar-refractivity contribution is 0.0935. The molecular formula is C17H14F2N4O. The lowest BCUT2D eigenvalue weighted by Crippen LogP contribution is -2.27. The van der Waals surface area contributed by atoms with Gasteiger partial charge >= 0.3 is 0 Å². The average molecular weight is 328 g/mol. The lowest BCUT2D eigenvalue weighted by atomic mass is 10.1. The van der Waals surface area contributed by atoms with E-state index in [9.17, 15) is 13.6 Å². The molecule has 0 aliphatic heterocycles. The fourth-order valence-electron chi connectivity index (χ4n) is 2.29. The fourth-order valence-corrected chi connectivity index (χ4v) is 2.29. The van der Waals surface area contributed by atoms with E-state index >= 15 is 0 Å². The van der Waals surface area contributed by atoms with Gasteiger partial charge in [0.15, 0.2) is 0 Å². The van der Waals surface area contributed by atoms with E-state index in [4.69, 9.17) is 0 Å². The van der Waals surface area contributed by atoms with Crippen molar-refractivity contribution in [3.05, 3.63) is 77.9 Å². The Balaban J connectivity index is 1.73. The number of amides is 1. The number of halogens is 2. The largest absolute Gasteiger partial charge is 0.345 e. The molecule has 0 unspecified atom stereocenters. The molecule has 0 spiro atoms. The zero-order valence-electron chi connectivity index (χ0n) is 12.8. The van der Waals surface area contributed by atoms with Gasteiger partial charge in [-0.05, 0) is 42.8 Å². The second-order valence-corrected chi connectivity index (χ2v) is 5.25. The maximum atomic E-state index is 13.6. The van der Waals surface area contributed by atoms with Gasteiger partial charge in [0.2, 0.25) is 0 Å². The zero-order valence-corrected chi connectivity index (χ0v) is 12.8. The number of nitrogens with zero attached hydrogens (tertiary/aromatic N) is 3. The maximum absolute atomic E-state index is 13.6. The summed E-state index contributed by atoms with van der Waals surface area (Å²) in [6.45, 7) is 1.76. The molecule has 0 aliphatic carbocycles. The number of nitrogens with one attached hydrogen (secondary N) is 1. The second-order valence-electron chi connectivity index (χ2n) is 5.25. The summed E-state index contributed by atoms with van der Waals surface area (Å²) < 4.78 is 28.4. The molecule has 1 heterocycles. The first-order valence-electron chi connectivity index (χ1n) is 7.25. The number of hydrogen-bond donors (Lipinski definition) is 1. The predicted molar refractivity (Wildman–Crippen MR) is 83.6 cm³/mol. The van der Waals surface area contributed by atoms with Crippen LogP contribution in [-0.4, -0.2) is 20.7 Å². The first kappa shape index (κ1) is 15.8. The first-order chi connectivity index (χ1) is 11.5. The molecule has 1 atom stereocenters. The van der Waals surface area contributed by atoms with Crippen molar-refractivity contribution in [2.45, 2.75) is 13.0 Å². The standard InChI is InChI=1S/C17H14F2N4O/c1-11(22-17(24)15-8-13(18)4-7-16(15)19)12-2-5-14(6-3-12)23-10-20-9-21-23/h2-11H,1H3,(H,22,24)/t11-/m0/s1. The van der Waals surface area contributed by atoms with Crippen molar-refractivity contribution < 1.29 is 13.6 Å². The highest BCUT2D eigenvalue weighted by atomic mass is 19.1. The van der Waals surface area contributed by atoms with Crippen LogP contribution in [0.25, 0.3) is 5.69 Å². The maximum Gasteiger partial charge on any atom is 0.254 e. The van der Waals surface area contributed by atoms with Gasteiger partial charge in [-0.2, -0.15) is 5.10 Å². The quantitative estimate of drug-likeness (QED) is 0.801. The molecule has 0 fully saturated rings. The normalized spacial score (nSPS) is 12.0. The van der Waals surface area contributed by atoms with Gasteiger partial charge in [-0.1, -0.05) is 12.1 Å². The highest BCUT2D eigenvalue weighted by Gasteiger charge is 2.16. The third-order valence-corrected chi connectivity index (χ3v) is 3.60. The van der Waals surface area contributed by atoms with Crippen molar-refractivity contribution in [2.24, 2.45) is 0 Å². The van der Waals surface area contributed by atoms with Gasteiger partial charge in [0, 0.05) is 0 Å². The number of hydrogen-bond acceptors (Lipinski definition) is 3. The Morgan fingerprint density at radius 1 is 1.17 bits per heavy atom. The highest BCUT2D eigenvalue weighted by Crippen LogP contribution is 2.17. The molecule has 24 heavy (non-hydrogen) atoms. The monoisotopic (exact) mass is 328 g/mol. The van der Waals surface area contributed by atoms with E-state index in [1.807, 2.05) is 24.3 Å². The molecule has 0 saturated carbocycles. The summed E-state index contributed by atoms with van der Waals surface area (Å²) in [5.41, 5.74) is 1.33. The van der Waals surface area contributed by atoms with Gasteiger partial charge in [0.1, 0.15) is 24.3 Å². The number of carbonyl (C=O) groups is 1. The smallest absolute Gasteiger partial charge is 0.254 e. The molecule has 0 bridgehead atoms. The van der Waals surface area contributed by atoms with Crippen molar-refractivity contribution >= 4 is 5.91 Å². The van der Waals surface area contributed by atoms with Gasteiger partial charge in [0.25, 0.3) is 5.91 Å². The average Bonchev–Trinajstić information content (AvgIpc) is 3.11. The Morgan fingerprint density at radius 3 is 2.58 bits per heavy atom. The minimum Gasteiger partial charge on any atom is -0.345 e. The summed E-state index contributed by atoms with van der Waals surface area (Å²) in [6.07, 6.45) is 3.01. The molecular weight excluding hydrogens is 314 g/mol. The SMILES string of the molecule is C[C@H](NC(=O)c1cc(F)ccc1F)c1ccc(-n2cncn2)cc1. The van der Waals surface area contributed by atoms with Gasteiger partial charge in [-0.25, -0.2) is 18.4 Å². The molecule has 3 aromatic rings. The number of rotatable bonds is 4. The Kier molecular flexibility index (Phi) is 4.33. The third-order valence-electron chi connectivity index (χ3n) is 3.60. The van der Waals surface area contributed by atoms with E-state index < -0.39 is 17.5 Å². The minimum atomic E-state index is -0.761. The molecule has 5 nitrogen and oxygen atoms in total. The van der Waals surface area contributed by atoms with Crippen molar-refractivity contribution in [3.63, 3.8) is 0 Å². The van der Waals surface area contributed by atoms with E-state index in [1.54, 1.807) is 17.9 Å². The molecule has 1 amide bonds. The van der Waals surface area contributed by atoms with E-state index in [2.05, 4.69) is 15.4 Å². The first-order valence-corrected chi connectivity index (χ1v) is 7.25. The fraction of sp³-hybridized carbons (Fsp3) is 0.118. The van der Waals surface area contributed by atoms with Gasteiger partial charge in [-0.15, -0.1) is 0 Å². The summed E-state index contributed by atoms with van der Waals surface area (Å²) in [6, 6.07) is 9.72. The van der Waals surface area contributed by atoms with Crippen LogP contribution in [0.3, 0.4) is 0 Å². The number of benzene rings is 2. The number of carbonyl (C=O) groups excluding carboxylic acids is 1. The van der Waals surface area contributed by atoms with Crippen LogP contribution in [0.5, 0.6) is 0 Å².